The summed E-state index contributed by atoms with van der Waals surface area (Å²) < 4.78 is 1.89. The van der Waals surface area contributed by atoms with Gasteiger partial charge in [-0.3, -0.25) is 4.68 Å². The van der Waals surface area contributed by atoms with Crippen molar-refractivity contribution in [3.8, 4) is 28.3 Å². The number of benzene rings is 2. The smallest absolute Gasteiger partial charge is 0.238 e. The van der Waals surface area contributed by atoms with Crippen LogP contribution in [0, 0.1) is 6.92 Å². The zero-order valence-electron chi connectivity index (χ0n) is 13.1. The molecule has 112 valence electrons. The average Bonchev–Trinajstić information content (AvgIpc) is 2.87. The number of hydrogen-bond acceptors (Lipinski definition) is 2. The molecule has 0 aliphatic heterocycles. The monoisotopic (exact) mass is 292 g/mol. The Morgan fingerprint density at radius 2 is 1.55 bits per heavy atom. The van der Waals surface area contributed by atoms with Crippen molar-refractivity contribution in [2.45, 2.75) is 26.8 Å². The van der Waals surface area contributed by atoms with Crippen LogP contribution in [0.1, 0.15) is 25.5 Å². The summed E-state index contributed by atoms with van der Waals surface area (Å²) in [7, 11) is 0. The van der Waals surface area contributed by atoms with Crippen LogP contribution < -0.4 is 0 Å². The van der Waals surface area contributed by atoms with E-state index >= 15 is 0 Å². The van der Waals surface area contributed by atoms with Gasteiger partial charge >= 0.3 is 0 Å². The van der Waals surface area contributed by atoms with Gasteiger partial charge in [-0.1, -0.05) is 60.2 Å². The lowest BCUT2D eigenvalue weighted by molar-refractivity contribution is 0.428. The van der Waals surface area contributed by atoms with E-state index in [-0.39, 0.29) is 11.9 Å². The first-order valence-electron chi connectivity index (χ1n) is 7.52. The summed E-state index contributed by atoms with van der Waals surface area (Å²) in [6.45, 7) is 6.19. The fraction of sp³-hybridized carbons (Fsp3) is 0.211. The molecule has 3 nitrogen and oxygen atoms in total. The van der Waals surface area contributed by atoms with Crippen molar-refractivity contribution in [1.82, 2.24) is 9.78 Å². The standard InChI is InChI=1S/C19H20N2O/c1-13(2)21-18(16-7-5-4-6-8-16)17(19(22)20-21)15-11-9-14(3)10-12-15/h4-13H,1-3H3,(H,20,22). The molecule has 0 saturated carbocycles. The second-order valence-electron chi connectivity index (χ2n) is 5.82. The van der Waals surface area contributed by atoms with Gasteiger partial charge in [-0.05, 0) is 26.3 Å². The van der Waals surface area contributed by atoms with Crippen LogP contribution in [0.25, 0.3) is 22.4 Å². The van der Waals surface area contributed by atoms with Crippen molar-refractivity contribution < 1.29 is 5.11 Å². The summed E-state index contributed by atoms with van der Waals surface area (Å²) >= 11 is 0. The molecule has 0 atom stereocenters. The Kier molecular flexibility index (Phi) is 3.72. The molecule has 1 N–H and O–H groups in total. The fourth-order valence-electron chi connectivity index (χ4n) is 2.65. The number of aromatic nitrogens is 2. The maximum absolute atomic E-state index is 10.4. The minimum atomic E-state index is 0.0800. The van der Waals surface area contributed by atoms with E-state index in [1.165, 1.54) is 5.56 Å². The lowest BCUT2D eigenvalue weighted by Gasteiger charge is -2.12. The van der Waals surface area contributed by atoms with Gasteiger partial charge in [0.2, 0.25) is 5.88 Å². The Bertz CT molecular complexity index is 771. The Hall–Kier alpha value is -2.55. The molecule has 0 amide bonds. The van der Waals surface area contributed by atoms with E-state index in [1.807, 2.05) is 47.1 Å². The molecule has 3 rings (SSSR count). The molecular weight excluding hydrogens is 272 g/mol. The molecule has 0 unspecified atom stereocenters. The van der Waals surface area contributed by atoms with Gasteiger partial charge < -0.3 is 5.11 Å². The largest absolute Gasteiger partial charge is 0.492 e. The number of hydrogen-bond donors (Lipinski definition) is 1. The summed E-state index contributed by atoms with van der Waals surface area (Å²) in [6.07, 6.45) is 0. The summed E-state index contributed by atoms with van der Waals surface area (Å²) in [4.78, 5) is 0. The second kappa shape index (κ2) is 5.68. The van der Waals surface area contributed by atoms with Crippen LogP contribution in [-0.4, -0.2) is 14.9 Å². The predicted molar refractivity (Wildman–Crippen MR) is 89.9 cm³/mol. The third-order valence-corrected chi connectivity index (χ3v) is 3.77. The van der Waals surface area contributed by atoms with Crippen molar-refractivity contribution in [2.24, 2.45) is 0 Å². The van der Waals surface area contributed by atoms with Crippen LogP contribution in [0.5, 0.6) is 5.88 Å². The van der Waals surface area contributed by atoms with Crippen molar-refractivity contribution >= 4 is 0 Å². The number of rotatable bonds is 3. The molecule has 2 aromatic carbocycles. The Labute approximate surface area is 130 Å². The van der Waals surface area contributed by atoms with Crippen LogP contribution in [0.2, 0.25) is 0 Å². The van der Waals surface area contributed by atoms with Gasteiger partial charge in [-0.15, -0.1) is 5.10 Å². The van der Waals surface area contributed by atoms with E-state index in [9.17, 15) is 5.11 Å². The van der Waals surface area contributed by atoms with E-state index in [1.54, 1.807) is 0 Å². The summed E-state index contributed by atoms with van der Waals surface area (Å²) in [5.74, 6) is 0.0800. The molecule has 22 heavy (non-hydrogen) atoms. The van der Waals surface area contributed by atoms with E-state index < -0.39 is 0 Å². The molecule has 0 fully saturated rings. The quantitative estimate of drug-likeness (QED) is 0.752. The van der Waals surface area contributed by atoms with Crippen LogP contribution in [0.3, 0.4) is 0 Å². The molecule has 0 aliphatic carbocycles. The lowest BCUT2D eigenvalue weighted by atomic mass is 10.00. The van der Waals surface area contributed by atoms with Crippen LogP contribution in [-0.2, 0) is 0 Å². The van der Waals surface area contributed by atoms with Gasteiger partial charge in [0.05, 0.1) is 11.3 Å². The number of nitrogens with zero attached hydrogens (tertiary/aromatic N) is 2. The number of aromatic hydroxyl groups is 1. The summed E-state index contributed by atoms with van der Waals surface area (Å²) in [6, 6.07) is 18.4. The van der Waals surface area contributed by atoms with Gasteiger partial charge in [0.1, 0.15) is 0 Å². The molecule has 0 saturated heterocycles. The van der Waals surface area contributed by atoms with Crippen molar-refractivity contribution in [1.29, 1.82) is 0 Å². The van der Waals surface area contributed by atoms with Crippen molar-refractivity contribution in [3.63, 3.8) is 0 Å². The molecule has 3 aromatic rings. The highest BCUT2D eigenvalue weighted by molar-refractivity contribution is 5.84. The van der Waals surface area contributed by atoms with Gasteiger partial charge in [-0.2, -0.15) is 0 Å². The van der Waals surface area contributed by atoms with Gasteiger partial charge in [0.15, 0.2) is 0 Å². The predicted octanol–water partition coefficient (Wildman–Crippen LogP) is 4.81. The molecule has 1 heterocycles. The molecule has 0 aliphatic rings. The first-order chi connectivity index (χ1) is 10.6. The zero-order chi connectivity index (χ0) is 15.7. The fourth-order valence-corrected chi connectivity index (χ4v) is 2.65. The van der Waals surface area contributed by atoms with Crippen molar-refractivity contribution in [3.05, 3.63) is 60.2 Å². The maximum atomic E-state index is 10.4. The Morgan fingerprint density at radius 1 is 0.909 bits per heavy atom. The highest BCUT2D eigenvalue weighted by Crippen LogP contribution is 2.39. The first kappa shape index (κ1) is 14.4. The Balaban J connectivity index is 2.28. The second-order valence-corrected chi connectivity index (χ2v) is 5.82. The normalized spacial score (nSPS) is 11.1. The van der Waals surface area contributed by atoms with Gasteiger partial charge in [0.25, 0.3) is 0 Å². The SMILES string of the molecule is Cc1ccc(-c2c(O)nn(C(C)C)c2-c2ccccc2)cc1. The average molecular weight is 292 g/mol. The van der Waals surface area contributed by atoms with Gasteiger partial charge in [-0.25, -0.2) is 0 Å². The van der Waals surface area contributed by atoms with E-state index in [2.05, 4.69) is 38.0 Å². The van der Waals surface area contributed by atoms with E-state index in [0.717, 1.165) is 22.4 Å². The molecular formula is C19H20N2O. The van der Waals surface area contributed by atoms with Crippen LogP contribution in [0.4, 0.5) is 0 Å². The topological polar surface area (TPSA) is 38.1 Å². The van der Waals surface area contributed by atoms with Crippen LogP contribution in [0.15, 0.2) is 54.6 Å². The summed E-state index contributed by atoms with van der Waals surface area (Å²) in [5.41, 5.74) is 4.98. The number of aryl methyl sites for hydroxylation is 1. The third-order valence-electron chi connectivity index (χ3n) is 3.77. The summed E-state index contributed by atoms with van der Waals surface area (Å²) in [5, 5.41) is 14.8. The highest BCUT2D eigenvalue weighted by Gasteiger charge is 2.21. The highest BCUT2D eigenvalue weighted by atomic mass is 16.3. The Morgan fingerprint density at radius 3 is 2.14 bits per heavy atom. The molecule has 3 heteroatoms. The minimum Gasteiger partial charge on any atom is -0.492 e. The van der Waals surface area contributed by atoms with E-state index in [0.29, 0.717) is 0 Å². The zero-order valence-corrected chi connectivity index (χ0v) is 13.1. The van der Waals surface area contributed by atoms with Crippen LogP contribution >= 0.6 is 0 Å². The molecule has 0 spiro atoms. The van der Waals surface area contributed by atoms with Gasteiger partial charge in [0, 0.05) is 11.6 Å². The molecule has 1 aromatic heterocycles. The van der Waals surface area contributed by atoms with E-state index in [4.69, 9.17) is 0 Å². The molecule has 0 radical (unpaired) electrons. The third kappa shape index (κ3) is 2.50. The first-order valence-corrected chi connectivity index (χ1v) is 7.52. The minimum absolute atomic E-state index is 0.0800. The molecule has 0 bridgehead atoms. The maximum Gasteiger partial charge on any atom is 0.238 e. The lowest BCUT2D eigenvalue weighted by Crippen LogP contribution is -2.04. The van der Waals surface area contributed by atoms with Crippen molar-refractivity contribution in [2.75, 3.05) is 0 Å².